The second kappa shape index (κ2) is 21.2. The van der Waals surface area contributed by atoms with Crippen molar-refractivity contribution in [1.29, 1.82) is 0 Å². The first-order valence-corrected chi connectivity index (χ1v) is 18.4. The number of aromatic nitrogens is 1. The minimum atomic E-state index is -0.691. The van der Waals surface area contributed by atoms with E-state index in [4.69, 9.17) is 10.6 Å². The Bertz CT molecular complexity index is 1520. The maximum Gasteiger partial charge on any atom is 0.271 e. The lowest BCUT2D eigenvalue weighted by atomic mass is 9.96. The number of carbonyl (C=O) groups excluding carboxylic acids is 4. The van der Waals surface area contributed by atoms with Crippen LogP contribution in [0.1, 0.15) is 73.9 Å². The molecule has 2 aromatic rings. The van der Waals surface area contributed by atoms with Gasteiger partial charge in [0.05, 0.1) is 29.6 Å². The molecule has 278 valence electrons. The molecule has 1 fully saturated rings. The molecule has 14 heteroatoms. The molecule has 0 saturated carbocycles. The number of phenols is 1. The van der Waals surface area contributed by atoms with E-state index in [0.717, 1.165) is 36.4 Å². The van der Waals surface area contributed by atoms with Gasteiger partial charge in [0.2, 0.25) is 17.7 Å². The molecule has 1 unspecified atom stereocenters. The molecular weight excluding hydrogens is 671 g/mol. The molecule has 4 amide bonds. The molecule has 1 aromatic heterocycles. The van der Waals surface area contributed by atoms with Crippen molar-refractivity contribution >= 4 is 35.0 Å². The molecule has 1 saturated heterocycles. The van der Waals surface area contributed by atoms with Crippen molar-refractivity contribution in [2.45, 2.75) is 83.8 Å². The van der Waals surface area contributed by atoms with Crippen LogP contribution in [0.3, 0.4) is 0 Å². The summed E-state index contributed by atoms with van der Waals surface area (Å²) in [6.07, 6.45) is 6.54. The highest BCUT2D eigenvalue weighted by atomic mass is 32.1. The Morgan fingerprint density at radius 2 is 1.94 bits per heavy atom. The van der Waals surface area contributed by atoms with Crippen molar-refractivity contribution in [2.24, 2.45) is 17.7 Å². The Kier molecular flexibility index (Phi) is 17.1. The Hall–Kier alpha value is -4.29. The largest absolute Gasteiger partial charge is 0.508 e. The third-order valence-corrected chi connectivity index (χ3v) is 9.85. The van der Waals surface area contributed by atoms with Crippen LogP contribution in [0.15, 0.2) is 42.3 Å². The number of carbonyl (C=O) groups is 4. The Morgan fingerprint density at radius 3 is 2.61 bits per heavy atom. The van der Waals surface area contributed by atoms with Crippen LogP contribution in [0, 0.1) is 23.7 Å². The van der Waals surface area contributed by atoms with Gasteiger partial charge in [-0.15, -0.1) is 17.9 Å². The number of phenolic OH excluding ortho intramolecular Hbond substituents is 1. The molecule has 6 N–H and O–H groups in total. The van der Waals surface area contributed by atoms with Crippen LogP contribution < -0.4 is 21.9 Å². The highest BCUT2D eigenvalue weighted by Gasteiger charge is 2.34. The van der Waals surface area contributed by atoms with Crippen LogP contribution in [0.5, 0.6) is 5.75 Å². The quantitative estimate of drug-likeness (QED) is 0.0294. The van der Waals surface area contributed by atoms with Gasteiger partial charge in [0.15, 0.2) is 0 Å². The van der Waals surface area contributed by atoms with Gasteiger partial charge in [0.25, 0.3) is 5.91 Å². The molecule has 5 atom stereocenters. The highest BCUT2D eigenvalue weighted by Crippen LogP contribution is 2.19. The maximum absolute atomic E-state index is 13.9. The van der Waals surface area contributed by atoms with E-state index in [1.165, 1.54) is 11.3 Å². The number of hydrazine groups is 1. The van der Waals surface area contributed by atoms with Crippen molar-refractivity contribution in [3.63, 3.8) is 0 Å². The highest BCUT2D eigenvalue weighted by molar-refractivity contribution is 7.09. The Morgan fingerprint density at radius 1 is 1.20 bits per heavy atom. The fourth-order valence-electron chi connectivity index (χ4n) is 5.63. The number of likely N-dealkylation sites (tertiary alicyclic amines) is 1. The van der Waals surface area contributed by atoms with Crippen LogP contribution in [0.2, 0.25) is 0 Å². The Labute approximate surface area is 305 Å². The lowest BCUT2D eigenvalue weighted by molar-refractivity contribution is -0.143. The molecule has 1 aliphatic rings. The van der Waals surface area contributed by atoms with Crippen LogP contribution in [-0.4, -0.2) is 95.1 Å². The predicted octanol–water partition coefficient (Wildman–Crippen LogP) is 2.76. The second-order valence-electron chi connectivity index (χ2n) is 12.9. The van der Waals surface area contributed by atoms with Gasteiger partial charge in [-0.05, 0) is 63.4 Å². The zero-order valence-electron chi connectivity index (χ0n) is 30.2. The number of nitrogens with zero attached hydrogens (tertiary/aromatic N) is 3. The molecule has 1 aliphatic heterocycles. The summed E-state index contributed by atoms with van der Waals surface area (Å²) in [5, 5.41) is 18.0. The molecule has 13 nitrogen and oxygen atoms in total. The first-order valence-electron chi connectivity index (χ1n) is 17.5. The van der Waals surface area contributed by atoms with E-state index in [2.05, 4.69) is 44.4 Å². The van der Waals surface area contributed by atoms with Crippen molar-refractivity contribution in [1.82, 2.24) is 30.8 Å². The monoisotopic (exact) mass is 723 g/mol. The average molecular weight is 724 g/mol. The topological polar surface area (TPSA) is 179 Å². The molecule has 0 aliphatic carbocycles. The molecule has 0 radical (unpaired) electrons. The fourth-order valence-corrected chi connectivity index (χ4v) is 6.45. The summed E-state index contributed by atoms with van der Waals surface area (Å²) in [7, 11) is 1.95. The van der Waals surface area contributed by atoms with E-state index < -0.39 is 29.8 Å². The van der Waals surface area contributed by atoms with Crippen LogP contribution in [0.4, 0.5) is 0 Å². The Balaban J connectivity index is 1.67. The molecule has 0 spiro atoms. The molecule has 1 aromatic carbocycles. The number of aryl methyl sites for hydroxylation is 1. The third kappa shape index (κ3) is 13.1. The maximum atomic E-state index is 13.9. The molecular formula is C37H53N7O6S. The summed E-state index contributed by atoms with van der Waals surface area (Å²) in [6.45, 7) is 10.8. The van der Waals surface area contributed by atoms with Crippen LogP contribution >= 0.6 is 11.3 Å². The number of likely N-dealkylation sites (N-methyl/N-ethyl adjacent to an activating group) is 1. The number of piperidine rings is 1. The van der Waals surface area contributed by atoms with Gasteiger partial charge < -0.3 is 25.4 Å². The SMILES string of the molecule is C=CCOCN(CCCc1nc(C(=O)N[C@H](C#C[C@H](C)C(=O)NN)Cc2ccc(O)cc2)cs1)C(=O)[C@@H](NC(=O)[C@H]1CCCCN1C)C(C)CC. The van der Waals surface area contributed by atoms with E-state index in [1.807, 2.05) is 20.9 Å². The third-order valence-electron chi connectivity index (χ3n) is 8.94. The lowest BCUT2D eigenvalue weighted by Gasteiger charge is -2.35. The minimum absolute atomic E-state index is 0.0531. The van der Waals surface area contributed by atoms with E-state index in [1.54, 1.807) is 47.5 Å². The van der Waals surface area contributed by atoms with Gasteiger partial charge in [-0.3, -0.25) is 29.5 Å². The fraction of sp³-hybridized carbons (Fsp3) is 0.541. The summed E-state index contributed by atoms with van der Waals surface area (Å²) in [5.74, 6) is 9.21. The van der Waals surface area contributed by atoms with Crippen molar-refractivity contribution in [3.05, 3.63) is 58.6 Å². The van der Waals surface area contributed by atoms with Crippen molar-refractivity contribution in [2.75, 3.05) is 33.5 Å². The zero-order chi connectivity index (χ0) is 37.3. The molecule has 3 rings (SSSR count). The number of nitrogens with two attached hydrogens (primary N) is 1. The number of thiazole rings is 1. The van der Waals surface area contributed by atoms with Gasteiger partial charge in [0, 0.05) is 24.8 Å². The van der Waals surface area contributed by atoms with Gasteiger partial charge in [-0.25, -0.2) is 10.8 Å². The van der Waals surface area contributed by atoms with E-state index in [9.17, 15) is 24.3 Å². The normalized spacial score (nSPS) is 16.8. The number of hydrogen-bond donors (Lipinski definition) is 5. The molecule has 51 heavy (non-hydrogen) atoms. The second-order valence-corrected chi connectivity index (χ2v) is 13.8. The summed E-state index contributed by atoms with van der Waals surface area (Å²) in [6, 6.07) is 4.98. The van der Waals surface area contributed by atoms with Gasteiger partial charge in [-0.1, -0.05) is 56.7 Å². The number of ether oxygens (including phenoxy) is 1. The first kappa shape index (κ1) is 41.1. The predicted molar refractivity (Wildman–Crippen MR) is 197 cm³/mol. The van der Waals surface area contributed by atoms with Gasteiger partial charge in [-0.2, -0.15) is 0 Å². The molecule has 2 heterocycles. The number of aromatic hydroxyl groups is 1. The summed E-state index contributed by atoms with van der Waals surface area (Å²) >= 11 is 1.34. The zero-order valence-corrected chi connectivity index (χ0v) is 31.0. The smallest absolute Gasteiger partial charge is 0.271 e. The van der Waals surface area contributed by atoms with Crippen LogP contribution in [-0.2, 0) is 32.0 Å². The summed E-state index contributed by atoms with van der Waals surface area (Å²) in [5.41, 5.74) is 3.13. The van der Waals surface area contributed by atoms with Gasteiger partial charge in [0.1, 0.15) is 24.2 Å². The van der Waals surface area contributed by atoms with E-state index >= 15 is 0 Å². The molecule has 0 bridgehead atoms. The number of benzene rings is 1. The van der Waals surface area contributed by atoms with Crippen molar-refractivity contribution < 1.29 is 29.0 Å². The number of amides is 4. The van der Waals surface area contributed by atoms with Crippen LogP contribution in [0.25, 0.3) is 0 Å². The number of rotatable bonds is 18. The minimum Gasteiger partial charge on any atom is -0.508 e. The number of hydrogen-bond acceptors (Lipinski definition) is 10. The average Bonchev–Trinajstić information content (AvgIpc) is 3.61. The van der Waals surface area contributed by atoms with Crippen molar-refractivity contribution in [3.8, 4) is 17.6 Å². The number of nitrogens with one attached hydrogen (secondary N) is 3. The van der Waals surface area contributed by atoms with E-state index in [-0.39, 0.29) is 48.6 Å². The lowest BCUT2D eigenvalue weighted by Crippen LogP contribution is -2.57. The van der Waals surface area contributed by atoms with E-state index in [0.29, 0.717) is 32.2 Å². The first-order chi connectivity index (χ1) is 24.5. The van der Waals surface area contributed by atoms with Gasteiger partial charge >= 0.3 is 0 Å². The summed E-state index contributed by atoms with van der Waals surface area (Å²) in [4.78, 5) is 60.6. The summed E-state index contributed by atoms with van der Waals surface area (Å²) < 4.78 is 5.69. The standard InChI is InChI=1S/C37H53N7O6S/c1-6-21-50-24-44(37(49)33(25(3)7-2)41-36(48)31-11-8-9-19-43(31)5)20-10-12-32-40-30(23-51-32)35(47)39-28(16-13-26(4)34(46)42-38)22-27-14-17-29(45)18-15-27/h6,14-15,17-18,23,25-26,28,31,33,45H,1,7-12,19-22,24,38H2,2-5H3,(H,39,47)(H,41,48)(H,42,46)/t25?,26-,28+,31+,33-/m0/s1.